The molecule has 1 rings (SSSR count). The number of hydrogen-bond donors (Lipinski definition) is 1. The second-order valence-electron chi connectivity index (χ2n) is 3.99. The van der Waals surface area contributed by atoms with Crippen LogP contribution in [0.15, 0.2) is 0 Å². The molecule has 1 saturated heterocycles. The van der Waals surface area contributed by atoms with Gasteiger partial charge in [0.1, 0.15) is 0 Å². The van der Waals surface area contributed by atoms with Gasteiger partial charge < -0.3 is 10.6 Å². The molecule has 1 amide bonds. The molecule has 0 aromatic heterocycles. The van der Waals surface area contributed by atoms with Crippen LogP contribution in [-0.2, 0) is 4.79 Å². The Morgan fingerprint density at radius 3 is 2.46 bits per heavy atom. The summed E-state index contributed by atoms with van der Waals surface area (Å²) < 4.78 is 0. The van der Waals surface area contributed by atoms with Gasteiger partial charge in [-0.05, 0) is 19.3 Å². The SMILES string of the molecule is CCC(N)(CC)CN1CCCC1=O. The number of carbonyl (C=O) groups is 1. The standard InChI is InChI=1S/C10H20N2O/c1-3-10(11,4-2)8-12-7-5-6-9(12)13/h3-8,11H2,1-2H3. The molecule has 76 valence electrons. The van der Waals surface area contributed by atoms with Crippen molar-refractivity contribution in [3.63, 3.8) is 0 Å². The van der Waals surface area contributed by atoms with Gasteiger partial charge in [0.2, 0.25) is 5.91 Å². The molecule has 0 bridgehead atoms. The zero-order valence-electron chi connectivity index (χ0n) is 8.68. The summed E-state index contributed by atoms with van der Waals surface area (Å²) >= 11 is 0. The second-order valence-corrected chi connectivity index (χ2v) is 3.99. The van der Waals surface area contributed by atoms with Gasteiger partial charge in [-0.15, -0.1) is 0 Å². The van der Waals surface area contributed by atoms with Crippen molar-refractivity contribution in [2.24, 2.45) is 5.73 Å². The fourth-order valence-corrected chi connectivity index (χ4v) is 1.72. The average molecular weight is 184 g/mol. The third-order valence-electron chi connectivity index (χ3n) is 3.09. The van der Waals surface area contributed by atoms with E-state index in [1.165, 1.54) is 0 Å². The Morgan fingerprint density at radius 1 is 1.46 bits per heavy atom. The summed E-state index contributed by atoms with van der Waals surface area (Å²) in [4.78, 5) is 13.3. The molecule has 3 nitrogen and oxygen atoms in total. The van der Waals surface area contributed by atoms with Crippen LogP contribution in [0.2, 0.25) is 0 Å². The highest BCUT2D eigenvalue weighted by atomic mass is 16.2. The number of rotatable bonds is 4. The van der Waals surface area contributed by atoms with E-state index in [0.29, 0.717) is 6.42 Å². The third kappa shape index (κ3) is 2.44. The number of likely N-dealkylation sites (tertiary alicyclic amines) is 1. The highest BCUT2D eigenvalue weighted by Gasteiger charge is 2.28. The summed E-state index contributed by atoms with van der Waals surface area (Å²) in [5.74, 6) is 0.275. The maximum Gasteiger partial charge on any atom is 0.222 e. The van der Waals surface area contributed by atoms with Gasteiger partial charge in [0.05, 0.1) is 0 Å². The predicted molar refractivity (Wildman–Crippen MR) is 53.3 cm³/mol. The largest absolute Gasteiger partial charge is 0.341 e. The number of carbonyl (C=O) groups excluding carboxylic acids is 1. The second kappa shape index (κ2) is 4.09. The maximum absolute atomic E-state index is 11.4. The lowest BCUT2D eigenvalue weighted by Gasteiger charge is -2.31. The Labute approximate surface area is 80.3 Å². The minimum absolute atomic E-state index is 0.167. The zero-order chi connectivity index (χ0) is 9.90. The fraction of sp³-hybridized carbons (Fsp3) is 0.900. The van der Waals surface area contributed by atoms with Gasteiger partial charge in [-0.25, -0.2) is 0 Å². The normalized spacial score (nSPS) is 18.4. The van der Waals surface area contributed by atoms with E-state index < -0.39 is 0 Å². The first kappa shape index (κ1) is 10.5. The minimum Gasteiger partial charge on any atom is -0.341 e. The first-order valence-electron chi connectivity index (χ1n) is 5.18. The highest BCUT2D eigenvalue weighted by molar-refractivity contribution is 5.78. The van der Waals surface area contributed by atoms with Gasteiger partial charge in [-0.2, -0.15) is 0 Å². The molecule has 0 radical (unpaired) electrons. The van der Waals surface area contributed by atoms with E-state index in [2.05, 4.69) is 13.8 Å². The van der Waals surface area contributed by atoms with E-state index in [4.69, 9.17) is 5.73 Å². The van der Waals surface area contributed by atoms with Crippen molar-refractivity contribution in [3.8, 4) is 0 Å². The van der Waals surface area contributed by atoms with Crippen LogP contribution in [0.3, 0.4) is 0 Å². The van der Waals surface area contributed by atoms with Crippen molar-refractivity contribution >= 4 is 5.91 Å². The van der Waals surface area contributed by atoms with Crippen molar-refractivity contribution in [2.45, 2.75) is 45.1 Å². The van der Waals surface area contributed by atoms with Crippen LogP contribution >= 0.6 is 0 Å². The van der Waals surface area contributed by atoms with Crippen molar-refractivity contribution in [1.82, 2.24) is 4.90 Å². The summed E-state index contributed by atoms with van der Waals surface area (Å²) in [6, 6.07) is 0. The summed E-state index contributed by atoms with van der Waals surface area (Å²) in [6.45, 7) is 5.81. The molecule has 1 aliphatic heterocycles. The van der Waals surface area contributed by atoms with E-state index >= 15 is 0 Å². The molecule has 0 saturated carbocycles. The quantitative estimate of drug-likeness (QED) is 0.712. The molecule has 1 fully saturated rings. The van der Waals surface area contributed by atoms with Crippen LogP contribution in [0.25, 0.3) is 0 Å². The van der Waals surface area contributed by atoms with E-state index in [9.17, 15) is 4.79 Å². The van der Waals surface area contributed by atoms with Gasteiger partial charge in [-0.3, -0.25) is 4.79 Å². The summed E-state index contributed by atoms with van der Waals surface area (Å²) in [5, 5.41) is 0. The number of nitrogens with two attached hydrogens (primary N) is 1. The Hall–Kier alpha value is -0.570. The molecule has 2 N–H and O–H groups in total. The lowest BCUT2D eigenvalue weighted by atomic mass is 9.94. The van der Waals surface area contributed by atoms with E-state index in [0.717, 1.165) is 32.4 Å². The summed E-state index contributed by atoms with van der Waals surface area (Å²) in [5.41, 5.74) is 5.98. The molecule has 1 aliphatic rings. The molecule has 0 spiro atoms. The van der Waals surface area contributed by atoms with Crippen LogP contribution in [0, 0.1) is 0 Å². The molecule has 13 heavy (non-hydrogen) atoms. The van der Waals surface area contributed by atoms with Gasteiger partial charge in [0, 0.05) is 25.0 Å². The minimum atomic E-state index is -0.167. The zero-order valence-corrected chi connectivity index (χ0v) is 8.68. The monoisotopic (exact) mass is 184 g/mol. The Balaban J connectivity index is 2.50. The molecule has 3 heteroatoms. The molecule has 1 heterocycles. The molecule has 0 aromatic rings. The molecular formula is C10H20N2O. The van der Waals surface area contributed by atoms with E-state index in [1.54, 1.807) is 0 Å². The fourth-order valence-electron chi connectivity index (χ4n) is 1.72. The summed E-state index contributed by atoms with van der Waals surface area (Å²) in [6.07, 6.45) is 3.59. The van der Waals surface area contributed by atoms with Crippen molar-refractivity contribution < 1.29 is 4.79 Å². The van der Waals surface area contributed by atoms with Gasteiger partial charge >= 0.3 is 0 Å². The summed E-state index contributed by atoms with van der Waals surface area (Å²) in [7, 11) is 0. The van der Waals surface area contributed by atoms with Crippen LogP contribution < -0.4 is 5.73 Å². The number of amides is 1. The lowest BCUT2D eigenvalue weighted by molar-refractivity contribution is -0.128. The van der Waals surface area contributed by atoms with Gasteiger partial charge in [0.25, 0.3) is 0 Å². The van der Waals surface area contributed by atoms with E-state index in [-0.39, 0.29) is 11.4 Å². The topological polar surface area (TPSA) is 46.3 Å². The first-order chi connectivity index (χ1) is 6.11. The van der Waals surface area contributed by atoms with Crippen molar-refractivity contribution in [3.05, 3.63) is 0 Å². The predicted octanol–water partition coefficient (Wildman–Crippen LogP) is 1.13. The van der Waals surface area contributed by atoms with Gasteiger partial charge in [-0.1, -0.05) is 13.8 Å². The molecule has 0 atom stereocenters. The highest BCUT2D eigenvalue weighted by Crippen LogP contribution is 2.17. The Bertz CT molecular complexity index is 187. The maximum atomic E-state index is 11.4. The van der Waals surface area contributed by atoms with E-state index in [1.807, 2.05) is 4.90 Å². The van der Waals surface area contributed by atoms with Gasteiger partial charge in [0.15, 0.2) is 0 Å². The van der Waals surface area contributed by atoms with Crippen LogP contribution in [0.1, 0.15) is 39.5 Å². The number of hydrogen-bond acceptors (Lipinski definition) is 2. The van der Waals surface area contributed by atoms with Crippen LogP contribution in [-0.4, -0.2) is 29.4 Å². The first-order valence-corrected chi connectivity index (χ1v) is 5.18. The molecule has 0 unspecified atom stereocenters. The molecule has 0 aromatic carbocycles. The smallest absolute Gasteiger partial charge is 0.222 e. The Morgan fingerprint density at radius 2 is 2.08 bits per heavy atom. The third-order valence-corrected chi connectivity index (χ3v) is 3.09. The Kier molecular flexibility index (Phi) is 3.31. The average Bonchev–Trinajstić information content (AvgIpc) is 2.52. The van der Waals surface area contributed by atoms with Crippen molar-refractivity contribution in [1.29, 1.82) is 0 Å². The van der Waals surface area contributed by atoms with Crippen molar-refractivity contribution in [2.75, 3.05) is 13.1 Å². The number of nitrogens with zero attached hydrogens (tertiary/aromatic N) is 1. The molecule has 0 aliphatic carbocycles. The lowest BCUT2D eigenvalue weighted by Crippen LogP contribution is -2.49. The van der Waals surface area contributed by atoms with Crippen LogP contribution in [0.4, 0.5) is 0 Å². The van der Waals surface area contributed by atoms with Crippen LogP contribution in [0.5, 0.6) is 0 Å². The molecular weight excluding hydrogens is 164 g/mol.